The summed E-state index contributed by atoms with van der Waals surface area (Å²) >= 11 is 1.44. The zero-order chi connectivity index (χ0) is 19.4. The van der Waals surface area contributed by atoms with Crippen LogP contribution in [-0.4, -0.2) is 32.7 Å². The maximum atomic E-state index is 12.2. The van der Waals surface area contributed by atoms with E-state index in [0.29, 0.717) is 5.69 Å². The van der Waals surface area contributed by atoms with Crippen LogP contribution in [0.2, 0.25) is 0 Å². The number of sulfone groups is 1. The Morgan fingerprint density at radius 2 is 1.93 bits per heavy atom. The van der Waals surface area contributed by atoms with Gasteiger partial charge in [-0.15, -0.1) is 11.3 Å². The molecule has 0 fully saturated rings. The highest BCUT2D eigenvalue weighted by atomic mass is 32.2. The Morgan fingerprint density at radius 1 is 1.15 bits per heavy atom. The van der Waals surface area contributed by atoms with Gasteiger partial charge in [0.15, 0.2) is 9.84 Å². The van der Waals surface area contributed by atoms with Crippen LogP contribution in [0, 0.1) is 0 Å². The highest BCUT2D eigenvalue weighted by Gasteiger charge is 2.14. The van der Waals surface area contributed by atoms with Crippen LogP contribution in [0.1, 0.15) is 16.1 Å². The van der Waals surface area contributed by atoms with E-state index < -0.39 is 15.8 Å². The summed E-state index contributed by atoms with van der Waals surface area (Å²) in [5, 5.41) is 2.61. The summed E-state index contributed by atoms with van der Waals surface area (Å²) in [5.74, 6) is 0.137. The van der Waals surface area contributed by atoms with E-state index in [-0.39, 0.29) is 17.1 Å². The number of carbonyl (C=O) groups is 1. The molecule has 0 saturated heterocycles. The maximum absolute atomic E-state index is 12.2. The molecule has 3 rings (SSSR count). The molecule has 6 nitrogen and oxygen atoms in total. The van der Waals surface area contributed by atoms with Gasteiger partial charge in [0.25, 0.3) is 0 Å². The molecule has 0 aliphatic carbocycles. The van der Waals surface area contributed by atoms with Crippen LogP contribution in [0.4, 0.5) is 0 Å². The number of hydrogen-bond donors (Lipinski definition) is 0. The average Bonchev–Trinajstić information content (AvgIpc) is 3.14. The largest absolute Gasteiger partial charge is 0.497 e. The van der Waals surface area contributed by atoms with Gasteiger partial charge < -0.3 is 9.47 Å². The van der Waals surface area contributed by atoms with Gasteiger partial charge in [-0.1, -0.05) is 18.2 Å². The maximum Gasteiger partial charge on any atom is 0.338 e. The van der Waals surface area contributed by atoms with Gasteiger partial charge in [-0.05, 0) is 30.3 Å². The first kappa shape index (κ1) is 19.1. The van der Waals surface area contributed by atoms with Gasteiger partial charge >= 0.3 is 5.97 Å². The monoisotopic (exact) mass is 403 g/mol. The lowest BCUT2D eigenvalue weighted by atomic mass is 10.2. The first-order valence-corrected chi connectivity index (χ1v) is 10.7. The number of methoxy groups -OCH3 is 1. The number of esters is 1. The second kappa shape index (κ2) is 7.89. The molecule has 1 aromatic heterocycles. The predicted molar refractivity (Wildman–Crippen MR) is 103 cm³/mol. The van der Waals surface area contributed by atoms with Crippen molar-refractivity contribution in [1.29, 1.82) is 0 Å². The third kappa shape index (κ3) is 4.72. The summed E-state index contributed by atoms with van der Waals surface area (Å²) in [7, 11) is -1.79. The SMILES string of the molecule is COc1cccc(-c2nc(COC(=O)c3cccc(S(C)(=O)=O)c3)cs2)c1. The molecule has 0 saturated carbocycles. The van der Waals surface area contributed by atoms with Crippen LogP contribution in [-0.2, 0) is 21.2 Å². The molecular weight excluding hydrogens is 386 g/mol. The van der Waals surface area contributed by atoms with Crippen molar-refractivity contribution < 1.29 is 22.7 Å². The van der Waals surface area contributed by atoms with E-state index >= 15 is 0 Å². The van der Waals surface area contributed by atoms with E-state index in [1.165, 1.54) is 35.6 Å². The van der Waals surface area contributed by atoms with E-state index in [9.17, 15) is 13.2 Å². The van der Waals surface area contributed by atoms with E-state index in [0.717, 1.165) is 22.6 Å². The lowest BCUT2D eigenvalue weighted by Crippen LogP contribution is -2.07. The number of hydrogen-bond acceptors (Lipinski definition) is 7. The highest BCUT2D eigenvalue weighted by molar-refractivity contribution is 7.90. The Hall–Kier alpha value is -2.71. The van der Waals surface area contributed by atoms with Crippen molar-refractivity contribution >= 4 is 27.1 Å². The lowest BCUT2D eigenvalue weighted by molar-refractivity contribution is 0.0468. The summed E-state index contributed by atoms with van der Waals surface area (Å²) in [6.07, 6.45) is 1.09. The molecule has 0 N–H and O–H groups in total. The minimum absolute atomic E-state index is 0.00239. The van der Waals surface area contributed by atoms with E-state index in [2.05, 4.69) is 4.98 Å². The average molecular weight is 403 g/mol. The van der Waals surface area contributed by atoms with Gasteiger partial charge in [-0.2, -0.15) is 0 Å². The van der Waals surface area contributed by atoms with Crippen LogP contribution >= 0.6 is 11.3 Å². The number of carbonyl (C=O) groups excluding carboxylic acids is 1. The van der Waals surface area contributed by atoms with E-state index in [4.69, 9.17) is 9.47 Å². The molecule has 27 heavy (non-hydrogen) atoms. The Kier molecular flexibility index (Phi) is 5.57. The number of thiazole rings is 1. The zero-order valence-electron chi connectivity index (χ0n) is 14.7. The fourth-order valence-corrected chi connectivity index (χ4v) is 3.81. The summed E-state index contributed by atoms with van der Waals surface area (Å²) in [6.45, 7) is 0.00239. The van der Waals surface area contributed by atoms with Crippen LogP contribution in [0.25, 0.3) is 10.6 Å². The number of ether oxygens (including phenoxy) is 2. The Labute approximate surface area is 161 Å². The summed E-state index contributed by atoms with van der Waals surface area (Å²) < 4.78 is 33.7. The van der Waals surface area contributed by atoms with Crippen molar-refractivity contribution in [2.45, 2.75) is 11.5 Å². The molecule has 0 aliphatic heterocycles. The van der Waals surface area contributed by atoms with E-state index in [1.807, 2.05) is 29.6 Å². The lowest BCUT2D eigenvalue weighted by Gasteiger charge is -2.05. The molecule has 0 bridgehead atoms. The third-order valence-electron chi connectivity index (χ3n) is 3.72. The number of aromatic nitrogens is 1. The molecule has 0 unspecified atom stereocenters. The summed E-state index contributed by atoms with van der Waals surface area (Å²) in [5.41, 5.74) is 1.71. The fraction of sp³-hybridized carbons (Fsp3) is 0.158. The standard InChI is InChI=1S/C19H17NO5S2/c1-24-16-7-3-5-13(9-16)18-20-15(12-26-18)11-25-19(21)14-6-4-8-17(10-14)27(2,22)23/h3-10,12H,11H2,1-2H3. The van der Waals surface area contributed by atoms with Crippen molar-refractivity contribution in [2.75, 3.05) is 13.4 Å². The first-order valence-electron chi connectivity index (χ1n) is 7.93. The van der Waals surface area contributed by atoms with Crippen LogP contribution in [0.3, 0.4) is 0 Å². The minimum Gasteiger partial charge on any atom is -0.497 e. The van der Waals surface area contributed by atoms with Crippen LogP contribution in [0.15, 0.2) is 58.8 Å². The van der Waals surface area contributed by atoms with Crippen LogP contribution < -0.4 is 4.74 Å². The Balaban J connectivity index is 1.69. The first-order chi connectivity index (χ1) is 12.9. The van der Waals surface area contributed by atoms with Crippen molar-refractivity contribution in [3.8, 4) is 16.3 Å². The molecule has 3 aromatic rings. The van der Waals surface area contributed by atoms with E-state index in [1.54, 1.807) is 7.11 Å². The molecule has 0 spiro atoms. The second-order valence-electron chi connectivity index (χ2n) is 5.75. The molecule has 0 amide bonds. The van der Waals surface area contributed by atoms with Gasteiger partial charge in [0.2, 0.25) is 0 Å². The Bertz CT molecular complexity index is 1070. The van der Waals surface area contributed by atoms with Gasteiger partial charge in [-0.3, -0.25) is 0 Å². The molecule has 140 valence electrons. The molecule has 0 radical (unpaired) electrons. The van der Waals surface area contributed by atoms with Crippen molar-refractivity contribution in [2.24, 2.45) is 0 Å². The smallest absolute Gasteiger partial charge is 0.338 e. The van der Waals surface area contributed by atoms with Crippen LogP contribution in [0.5, 0.6) is 5.75 Å². The van der Waals surface area contributed by atoms with Crippen molar-refractivity contribution in [3.63, 3.8) is 0 Å². The molecule has 2 aromatic carbocycles. The molecule has 0 atom stereocenters. The summed E-state index contributed by atoms with van der Waals surface area (Å²) in [6, 6.07) is 13.3. The molecule has 8 heteroatoms. The number of nitrogens with zero attached hydrogens (tertiary/aromatic N) is 1. The number of rotatable bonds is 6. The molecule has 0 aliphatic rings. The quantitative estimate of drug-likeness (QED) is 0.585. The molecule has 1 heterocycles. The highest BCUT2D eigenvalue weighted by Crippen LogP contribution is 2.27. The van der Waals surface area contributed by atoms with Gasteiger partial charge in [-0.25, -0.2) is 18.2 Å². The molecular formula is C19H17NO5S2. The van der Waals surface area contributed by atoms with Gasteiger partial charge in [0.1, 0.15) is 17.4 Å². The second-order valence-corrected chi connectivity index (χ2v) is 8.63. The fourth-order valence-electron chi connectivity index (χ4n) is 2.34. The Morgan fingerprint density at radius 3 is 2.67 bits per heavy atom. The van der Waals surface area contributed by atoms with Gasteiger partial charge in [0.05, 0.1) is 23.3 Å². The number of benzene rings is 2. The minimum atomic E-state index is -3.39. The summed E-state index contributed by atoms with van der Waals surface area (Å²) in [4.78, 5) is 16.7. The topological polar surface area (TPSA) is 82.6 Å². The normalized spacial score (nSPS) is 11.2. The van der Waals surface area contributed by atoms with Crippen molar-refractivity contribution in [1.82, 2.24) is 4.98 Å². The van der Waals surface area contributed by atoms with Gasteiger partial charge in [0, 0.05) is 17.2 Å². The van der Waals surface area contributed by atoms with Crippen molar-refractivity contribution in [3.05, 3.63) is 65.2 Å². The predicted octanol–water partition coefficient (Wildman–Crippen LogP) is 3.58. The zero-order valence-corrected chi connectivity index (χ0v) is 16.3. The third-order valence-corrected chi connectivity index (χ3v) is 5.77.